The predicted octanol–water partition coefficient (Wildman–Crippen LogP) is 3.37. The molecule has 0 N–H and O–H groups in total. The van der Waals surface area contributed by atoms with Crippen molar-refractivity contribution in [3.63, 3.8) is 0 Å². The van der Waals surface area contributed by atoms with Crippen LogP contribution < -0.4 is 9.64 Å². The van der Waals surface area contributed by atoms with E-state index in [9.17, 15) is 4.79 Å². The quantitative estimate of drug-likeness (QED) is 0.513. The zero-order chi connectivity index (χ0) is 21.2. The molecule has 1 fully saturated rings. The average Bonchev–Trinajstić information content (AvgIpc) is 3.24. The predicted molar refractivity (Wildman–Crippen MR) is 120 cm³/mol. The summed E-state index contributed by atoms with van der Waals surface area (Å²) < 4.78 is 7.23. The zero-order valence-electron chi connectivity index (χ0n) is 17.3. The van der Waals surface area contributed by atoms with E-state index in [1.807, 2.05) is 76.2 Å². The minimum Gasteiger partial charge on any atom is -0.497 e. The number of hydrogen-bond acceptors (Lipinski definition) is 5. The van der Waals surface area contributed by atoms with E-state index >= 15 is 0 Å². The number of piperazine rings is 1. The monoisotopic (exact) mass is 413 g/mol. The molecule has 0 aliphatic carbocycles. The van der Waals surface area contributed by atoms with Gasteiger partial charge >= 0.3 is 0 Å². The Morgan fingerprint density at radius 2 is 1.71 bits per heavy atom. The van der Waals surface area contributed by atoms with Gasteiger partial charge in [-0.2, -0.15) is 0 Å². The van der Waals surface area contributed by atoms with E-state index in [1.165, 1.54) is 0 Å². The number of amides is 1. The van der Waals surface area contributed by atoms with Crippen LogP contribution in [0.3, 0.4) is 0 Å². The number of pyridine rings is 2. The van der Waals surface area contributed by atoms with Crippen molar-refractivity contribution in [2.45, 2.75) is 0 Å². The molecule has 31 heavy (non-hydrogen) atoms. The number of aromatic nitrogens is 3. The number of carbonyl (C=O) groups is 1. The molecule has 4 heterocycles. The molecule has 1 saturated heterocycles. The summed E-state index contributed by atoms with van der Waals surface area (Å²) in [6.45, 7) is 2.78. The third-order valence-electron chi connectivity index (χ3n) is 5.64. The van der Waals surface area contributed by atoms with Gasteiger partial charge in [-0.05, 0) is 48.5 Å². The first-order valence-electron chi connectivity index (χ1n) is 10.3. The van der Waals surface area contributed by atoms with E-state index in [4.69, 9.17) is 9.72 Å². The van der Waals surface area contributed by atoms with Crippen molar-refractivity contribution < 1.29 is 9.53 Å². The van der Waals surface area contributed by atoms with Gasteiger partial charge in [-0.25, -0.2) is 9.97 Å². The minimum absolute atomic E-state index is 0.0378. The molecule has 4 aromatic rings. The van der Waals surface area contributed by atoms with Crippen molar-refractivity contribution in [2.24, 2.45) is 0 Å². The first-order chi connectivity index (χ1) is 15.2. The molecule has 1 aliphatic rings. The minimum atomic E-state index is -0.0378. The largest absolute Gasteiger partial charge is 0.497 e. The molecule has 0 radical (unpaired) electrons. The number of fused-ring (bicyclic) bond motifs is 1. The molecule has 3 aromatic heterocycles. The first kappa shape index (κ1) is 19.1. The standard InChI is InChI=1S/C24H23N5O2/c1-31-19-10-8-18(9-11-19)23-26-22(20-6-3-5-13-29(20)23)24(30)28-16-14-27(15-17-28)21-7-2-4-12-25-21/h2-13H,14-17H2,1H3. The van der Waals surface area contributed by atoms with Gasteiger partial charge in [0.25, 0.3) is 5.91 Å². The maximum atomic E-state index is 13.4. The van der Waals surface area contributed by atoms with Crippen LogP contribution in [-0.4, -0.2) is 58.5 Å². The maximum Gasteiger partial charge on any atom is 0.274 e. The third-order valence-corrected chi connectivity index (χ3v) is 5.64. The lowest BCUT2D eigenvalue weighted by atomic mass is 10.2. The average molecular weight is 413 g/mol. The van der Waals surface area contributed by atoms with E-state index in [1.54, 1.807) is 13.3 Å². The summed E-state index contributed by atoms with van der Waals surface area (Å²) >= 11 is 0. The SMILES string of the molecule is COc1ccc(-c2nc(C(=O)N3CCN(c4ccccn4)CC3)c3ccccn23)cc1. The summed E-state index contributed by atoms with van der Waals surface area (Å²) in [6.07, 6.45) is 3.74. The van der Waals surface area contributed by atoms with E-state index in [2.05, 4.69) is 9.88 Å². The number of methoxy groups -OCH3 is 1. The lowest BCUT2D eigenvalue weighted by Crippen LogP contribution is -2.49. The van der Waals surface area contributed by atoms with Gasteiger partial charge in [0, 0.05) is 44.1 Å². The summed E-state index contributed by atoms with van der Waals surface area (Å²) in [5, 5.41) is 0. The van der Waals surface area contributed by atoms with E-state index in [0.29, 0.717) is 18.8 Å². The Morgan fingerprint density at radius 1 is 0.935 bits per heavy atom. The smallest absolute Gasteiger partial charge is 0.274 e. The maximum absolute atomic E-state index is 13.4. The highest BCUT2D eigenvalue weighted by Gasteiger charge is 2.27. The molecular formula is C24H23N5O2. The number of rotatable bonds is 4. The highest BCUT2D eigenvalue weighted by atomic mass is 16.5. The molecule has 1 aromatic carbocycles. The Kier molecular flexibility index (Phi) is 5.00. The normalized spacial score (nSPS) is 14.1. The highest BCUT2D eigenvalue weighted by Crippen LogP contribution is 2.26. The Labute approximate surface area is 180 Å². The van der Waals surface area contributed by atoms with Gasteiger partial charge in [0.1, 0.15) is 17.4 Å². The van der Waals surface area contributed by atoms with Gasteiger partial charge in [-0.15, -0.1) is 0 Å². The molecule has 0 saturated carbocycles. The van der Waals surface area contributed by atoms with E-state index < -0.39 is 0 Å². The Morgan fingerprint density at radius 3 is 2.42 bits per heavy atom. The van der Waals surface area contributed by atoms with Gasteiger partial charge in [-0.3, -0.25) is 9.20 Å². The van der Waals surface area contributed by atoms with Gasteiger partial charge in [0.2, 0.25) is 0 Å². The fourth-order valence-electron chi connectivity index (χ4n) is 3.97. The number of hydrogen-bond donors (Lipinski definition) is 0. The van der Waals surface area contributed by atoms with Crippen LogP contribution in [0.25, 0.3) is 16.9 Å². The second-order valence-corrected chi connectivity index (χ2v) is 7.44. The van der Waals surface area contributed by atoms with Crippen molar-refractivity contribution in [1.29, 1.82) is 0 Å². The molecule has 1 amide bonds. The summed E-state index contributed by atoms with van der Waals surface area (Å²) in [4.78, 5) is 26.7. The molecule has 5 rings (SSSR count). The number of nitrogens with zero attached hydrogens (tertiary/aromatic N) is 5. The third kappa shape index (κ3) is 3.59. The molecule has 0 unspecified atom stereocenters. The second kappa shape index (κ2) is 8.10. The van der Waals surface area contributed by atoms with E-state index in [-0.39, 0.29) is 5.91 Å². The van der Waals surface area contributed by atoms with Crippen LogP contribution in [0.5, 0.6) is 5.75 Å². The van der Waals surface area contributed by atoms with Gasteiger partial charge < -0.3 is 14.5 Å². The van der Waals surface area contributed by atoms with Crippen molar-refractivity contribution in [3.8, 4) is 17.1 Å². The van der Waals surface area contributed by atoms with Crippen LogP contribution in [-0.2, 0) is 0 Å². The van der Waals surface area contributed by atoms with Crippen LogP contribution in [0.4, 0.5) is 5.82 Å². The second-order valence-electron chi connectivity index (χ2n) is 7.44. The zero-order valence-corrected chi connectivity index (χ0v) is 17.3. The molecule has 7 nitrogen and oxygen atoms in total. The Balaban J connectivity index is 1.42. The van der Waals surface area contributed by atoms with Crippen LogP contribution in [0.1, 0.15) is 10.5 Å². The van der Waals surface area contributed by atoms with Crippen LogP contribution in [0.15, 0.2) is 73.1 Å². The number of benzene rings is 1. The molecule has 156 valence electrons. The molecule has 7 heteroatoms. The fraction of sp³-hybridized carbons (Fsp3) is 0.208. The molecule has 0 bridgehead atoms. The topological polar surface area (TPSA) is 63.0 Å². The summed E-state index contributed by atoms with van der Waals surface area (Å²) in [7, 11) is 1.64. The summed E-state index contributed by atoms with van der Waals surface area (Å²) in [5.41, 5.74) is 2.23. The Hall–Kier alpha value is -3.87. The summed E-state index contributed by atoms with van der Waals surface area (Å²) in [6, 6.07) is 19.4. The van der Waals surface area contributed by atoms with Crippen LogP contribution in [0.2, 0.25) is 0 Å². The molecular weight excluding hydrogens is 390 g/mol. The fourth-order valence-corrected chi connectivity index (χ4v) is 3.97. The highest BCUT2D eigenvalue weighted by molar-refractivity contribution is 6.00. The lowest BCUT2D eigenvalue weighted by Gasteiger charge is -2.35. The first-order valence-corrected chi connectivity index (χ1v) is 10.3. The van der Waals surface area contributed by atoms with Gasteiger partial charge in [0.05, 0.1) is 12.6 Å². The number of anilines is 1. The van der Waals surface area contributed by atoms with Gasteiger partial charge in [0.15, 0.2) is 5.69 Å². The van der Waals surface area contributed by atoms with Crippen molar-refractivity contribution >= 4 is 17.2 Å². The lowest BCUT2D eigenvalue weighted by molar-refractivity contribution is 0.0743. The van der Waals surface area contributed by atoms with Crippen molar-refractivity contribution in [3.05, 3.63) is 78.8 Å². The Bertz CT molecular complexity index is 1200. The molecule has 1 aliphatic heterocycles. The van der Waals surface area contributed by atoms with Gasteiger partial charge in [-0.1, -0.05) is 12.1 Å². The number of ether oxygens (including phenoxy) is 1. The molecule has 0 atom stereocenters. The number of carbonyl (C=O) groups excluding carboxylic acids is 1. The van der Waals surface area contributed by atoms with E-state index in [0.717, 1.165) is 41.6 Å². The van der Waals surface area contributed by atoms with Crippen LogP contribution in [0, 0.1) is 0 Å². The van der Waals surface area contributed by atoms with Crippen LogP contribution >= 0.6 is 0 Å². The number of imidazole rings is 1. The summed E-state index contributed by atoms with van der Waals surface area (Å²) in [5.74, 6) is 2.44. The van der Waals surface area contributed by atoms with Crippen molar-refractivity contribution in [2.75, 3.05) is 38.2 Å². The molecule has 0 spiro atoms. The van der Waals surface area contributed by atoms with Crippen molar-refractivity contribution in [1.82, 2.24) is 19.3 Å².